The van der Waals surface area contributed by atoms with E-state index >= 15 is 0 Å². The van der Waals surface area contributed by atoms with Gasteiger partial charge >= 0.3 is 0 Å². The van der Waals surface area contributed by atoms with E-state index in [0.29, 0.717) is 29.5 Å². The zero-order valence-electron chi connectivity index (χ0n) is 38.3. The van der Waals surface area contributed by atoms with Gasteiger partial charge in [0, 0.05) is 54.5 Å². The van der Waals surface area contributed by atoms with Gasteiger partial charge < -0.3 is 9.13 Å². The molecule has 14 rings (SSSR count). The molecule has 2 aliphatic rings. The standard InChI is InChI=1S/C62H50N6/c1-39-33-41-34-40(2)37-62(36-39,38-41)60-63-59(64-61(65-60)68-55-29-14-8-21-47(55)48-22-9-15-30-56(48)68)50-25-16-24-44(42-17-4-3-5-18-42)58(50)67-54-28-13-10-23-49(54)51-35-43(31-32-57(51)67)66-52-26-11-6-19-45(52)46-20-7-12-27-53(46)66/h3-32,35,39-41H,33-34,36-38H2,1-2H3/t39-,40+,41?,62?. The molecule has 0 saturated heterocycles. The summed E-state index contributed by atoms with van der Waals surface area (Å²) in [6.07, 6.45) is 5.85. The molecule has 0 aliphatic heterocycles. The van der Waals surface area contributed by atoms with Gasteiger partial charge in [-0.2, -0.15) is 9.97 Å². The molecule has 2 bridgehead atoms. The van der Waals surface area contributed by atoms with Gasteiger partial charge in [0.25, 0.3) is 0 Å². The number of aromatic nitrogens is 6. The molecule has 0 spiro atoms. The number of benzene rings is 8. The fourth-order valence-electron chi connectivity index (χ4n) is 13.3. The summed E-state index contributed by atoms with van der Waals surface area (Å²) in [5.74, 6) is 4.19. The van der Waals surface area contributed by atoms with Crippen LogP contribution in [0.15, 0.2) is 188 Å². The maximum Gasteiger partial charge on any atom is 0.238 e. The summed E-state index contributed by atoms with van der Waals surface area (Å²) < 4.78 is 7.20. The highest BCUT2D eigenvalue weighted by Gasteiger charge is 2.48. The first-order valence-corrected chi connectivity index (χ1v) is 24.5. The molecular weight excluding hydrogens is 829 g/mol. The van der Waals surface area contributed by atoms with Gasteiger partial charge in [-0.15, -0.1) is 0 Å². The van der Waals surface area contributed by atoms with Crippen LogP contribution in [0.2, 0.25) is 0 Å². The van der Waals surface area contributed by atoms with Crippen LogP contribution in [-0.2, 0) is 5.41 Å². The van der Waals surface area contributed by atoms with Crippen molar-refractivity contribution >= 4 is 65.4 Å². The van der Waals surface area contributed by atoms with Crippen LogP contribution in [0.5, 0.6) is 0 Å². The van der Waals surface area contributed by atoms with Crippen molar-refractivity contribution in [1.29, 1.82) is 0 Å². The number of hydrogen-bond acceptors (Lipinski definition) is 3. The Labute approximate surface area is 395 Å². The maximum absolute atomic E-state index is 5.80. The Hall–Kier alpha value is -7.83. The highest BCUT2D eigenvalue weighted by Crippen LogP contribution is 2.54. The second-order valence-corrected chi connectivity index (χ2v) is 20.1. The number of fused-ring (bicyclic) bond motifs is 11. The Morgan fingerprint density at radius 3 is 1.49 bits per heavy atom. The highest BCUT2D eigenvalue weighted by atomic mass is 15.2. The van der Waals surface area contributed by atoms with Crippen molar-refractivity contribution in [2.45, 2.75) is 51.4 Å². The van der Waals surface area contributed by atoms with Crippen LogP contribution in [0.1, 0.15) is 51.8 Å². The summed E-state index contributed by atoms with van der Waals surface area (Å²) in [4.78, 5) is 17.2. The first-order valence-electron chi connectivity index (χ1n) is 24.5. The summed E-state index contributed by atoms with van der Waals surface area (Å²) in [6.45, 7) is 4.90. The largest absolute Gasteiger partial charge is 0.309 e. The van der Waals surface area contributed by atoms with Crippen LogP contribution in [0.3, 0.4) is 0 Å². The van der Waals surface area contributed by atoms with E-state index in [9.17, 15) is 0 Å². The Kier molecular flexibility index (Phi) is 8.73. The van der Waals surface area contributed by atoms with Gasteiger partial charge in [-0.25, -0.2) is 4.98 Å². The zero-order chi connectivity index (χ0) is 45.1. The number of nitrogens with zero attached hydrogens (tertiary/aromatic N) is 6. The second kappa shape index (κ2) is 15.1. The van der Waals surface area contributed by atoms with E-state index in [2.05, 4.69) is 216 Å². The SMILES string of the molecule is C[C@@H]1CC2C[C@H](C)CC(c3nc(-c4cccc(-c5ccccc5)c4-n4c5ccccc5c5cc(-n6c7ccccc7c7ccccc76)ccc54)nc(-n4c5ccccc5c5ccccc54)n3)(C2)C1. The third kappa shape index (κ3) is 5.92. The molecule has 2 unspecified atom stereocenters. The minimum atomic E-state index is -0.140. The van der Waals surface area contributed by atoms with Crippen LogP contribution < -0.4 is 0 Å². The third-order valence-electron chi connectivity index (χ3n) is 15.6. The van der Waals surface area contributed by atoms with Crippen molar-refractivity contribution in [1.82, 2.24) is 28.7 Å². The first-order chi connectivity index (χ1) is 33.5. The molecule has 12 aromatic rings. The highest BCUT2D eigenvalue weighted by molar-refractivity contribution is 6.13. The molecule has 4 atom stereocenters. The predicted molar refractivity (Wildman–Crippen MR) is 280 cm³/mol. The fourth-order valence-corrected chi connectivity index (χ4v) is 13.3. The van der Waals surface area contributed by atoms with E-state index in [0.717, 1.165) is 75.2 Å². The van der Waals surface area contributed by atoms with Crippen LogP contribution in [0.4, 0.5) is 0 Å². The number of para-hydroxylation sites is 6. The number of rotatable bonds is 6. The van der Waals surface area contributed by atoms with Crippen molar-refractivity contribution in [3.8, 4) is 39.8 Å². The summed E-state index contributed by atoms with van der Waals surface area (Å²) in [7, 11) is 0. The minimum absolute atomic E-state index is 0.140. The molecule has 328 valence electrons. The van der Waals surface area contributed by atoms with Crippen LogP contribution in [0, 0.1) is 17.8 Å². The molecule has 0 radical (unpaired) electrons. The van der Waals surface area contributed by atoms with Crippen LogP contribution in [-0.4, -0.2) is 28.7 Å². The summed E-state index contributed by atoms with van der Waals surface area (Å²) in [5.41, 5.74) is 12.1. The van der Waals surface area contributed by atoms with Gasteiger partial charge in [0.15, 0.2) is 5.82 Å². The van der Waals surface area contributed by atoms with Crippen molar-refractivity contribution in [3.05, 3.63) is 194 Å². The van der Waals surface area contributed by atoms with Gasteiger partial charge in [0.2, 0.25) is 5.95 Å². The van der Waals surface area contributed by atoms with E-state index in [4.69, 9.17) is 15.0 Å². The van der Waals surface area contributed by atoms with Crippen molar-refractivity contribution < 1.29 is 0 Å². The predicted octanol–water partition coefficient (Wildman–Crippen LogP) is 15.6. The molecule has 0 N–H and O–H groups in total. The van der Waals surface area contributed by atoms with Crippen molar-refractivity contribution in [2.24, 2.45) is 17.8 Å². The molecular formula is C62H50N6. The second-order valence-electron chi connectivity index (χ2n) is 20.1. The summed E-state index contributed by atoms with van der Waals surface area (Å²) >= 11 is 0. The zero-order valence-corrected chi connectivity index (χ0v) is 38.3. The van der Waals surface area contributed by atoms with Gasteiger partial charge in [-0.05, 0) is 110 Å². The lowest BCUT2D eigenvalue weighted by molar-refractivity contribution is 0.0719. The molecule has 2 aliphatic carbocycles. The van der Waals surface area contributed by atoms with Gasteiger partial charge in [-0.1, -0.05) is 147 Å². The molecule has 4 aromatic heterocycles. The van der Waals surface area contributed by atoms with Crippen molar-refractivity contribution in [3.63, 3.8) is 0 Å². The molecule has 68 heavy (non-hydrogen) atoms. The molecule has 6 nitrogen and oxygen atoms in total. The Morgan fingerprint density at radius 1 is 0.412 bits per heavy atom. The summed E-state index contributed by atoms with van der Waals surface area (Å²) in [5, 5.41) is 7.28. The molecule has 4 heterocycles. The maximum atomic E-state index is 5.80. The van der Waals surface area contributed by atoms with E-state index in [-0.39, 0.29) is 5.41 Å². The van der Waals surface area contributed by atoms with Gasteiger partial charge in [0.1, 0.15) is 5.82 Å². The van der Waals surface area contributed by atoms with E-state index in [1.165, 1.54) is 56.2 Å². The molecule has 0 amide bonds. The Morgan fingerprint density at radius 2 is 0.897 bits per heavy atom. The number of hydrogen-bond donors (Lipinski definition) is 0. The lowest BCUT2D eigenvalue weighted by Crippen LogP contribution is -2.43. The van der Waals surface area contributed by atoms with E-state index in [1.807, 2.05) is 0 Å². The van der Waals surface area contributed by atoms with E-state index in [1.54, 1.807) is 0 Å². The minimum Gasteiger partial charge on any atom is -0.309 e. The monoisotopic (exact) mass is 878 g/mol. The van der Waals surface area contributed by atoms with Crippen molar-refractivity contribution in [2.75, 3.05) is 0 Å². The Balaban J connectivity index is 1.07. The molecule has 6 heteroatoms. The van der Waals surface area contributed by atoms with Crippen LogP contribution in [0.25, 0.3) is 105 Å². The first kappa shape index (κ1) is 39.3. The average molecular weight is 879 g/mol. The molecule has 2 saturated carbocycles. The fraction of sp³-hybridized carbons (Fsp3) is 0.177. The smallest absolute Gasteiger partial charge is 0.238 e. The normalized spacial score (nSPS) is 19.5. The van der Waals surface area contributed by atoms with E-state index < -0.39 is 0 Å². The topological polar surface area (TPSA) is 53.5 Å². The Bertz CT molecular complexity index is 3840. The molecule has 2 fully saturated rings. The molecule has 8 aromatic carbocycles. The average Bonchev–Trinajstić information content (AvgIpc) is 4.01. The quantitative estimate of drug-likeness (QED) is 0.167. The van der Waals surface area contributed by atoms with Gasteiger partial charge in [-0.3, -0.25) is 4.57 Å². The van der Waals surface area contributed by atoms with Crippen LogP contribution >= 0.6 is 0 Å². The lowest BCUT2D eigenvalue weighted by atomic mass is 9.56. The third-order valence-corrected chi connectivity index (χ3v) is 15.6. The lowest BCUT2D eigenvalue weighted by Gasteiger charge is -2.49. The van der Waals surface area contributed by atoms with Gasteiger partial charge in [0.05, 0.1) is 38.8 Å². The summed E-state index contributed by atoms with van der Waals surface area (Å²) in [6, 6.07) is 68.4.